The van der Waals surface area contributed by atoms with Crippen LogP contribution in [0.5, 0.6) is 0 Å². The van der Waals surface area contributed by atoms with E-state index in [-0.39, 0.29) is 37.5 Å². The summed E-state index contributed by atoms with van der Waals surface area (Å²) < 4.78 is 34.3. The van der Waals surface area contributed by atoms with E-state index in [1.807, 2.05) is 30.3 Å². The Morgan fingerprint density at radius 2 is 1.89 bits per heavy atom. The lowest BCUT2D eigenvalue weighted by Crippen LogP contribution is -2.41. The number of aryl methyl sites for hydroxylation is 2. The number of ether oxygens (including phenoxy) is 1. The third-order valence-electron chi connectivity index (χ3n) is 6.11. The van der Waals surface area contributed by atoms with Gasteiger partial charge in [-0.25, -0.2) is 13.6 Å². The molecule has 1 atom stereocenters. The van der Waals surface area contributed by atoms with E-state index in [1.165, 1.54) is 21.7 Å². The maximum atomic E-state index is 13.9. The first-order valence-electron chi connectivity index (χ1n) is 12.1. The number of carbonyl (C=O) groups is 2. The number of aliphatic hydroxyl groups excluding tert-OH is 1. The Kier molecular flexibility index (Phi) is 10.1. The molecule has 0 saturated heterocycles. The molecule has 2 amide bonds. The molecule has 1 aromatic heterocycles. The molecule has 8 nitrogen and oxygen atoms in total. The van der Waals surface area contributed by atoms with Crippen LogP contribution in [0.2, 0.25) is 0 Å². The van der Waals surface area contributed by atoms with Gasteiger partial charge in [0.05, 0.1) is 11.7 Å². The highest BCUT2D eigenvalue weighted by molar-refractivity contribution is 5.84. The number of likely N-dealkylation sites (N-methyl/N-ethyl adjacent to an activating group) is 1. The Morgan fingerprint density at radius 3 is 2.62 bits per heavy atom. The predicted octanol–water partition coefficient (Wildman–Crippen LogP) is 4.54. The number of anilines is 1. The van der Waals surface area contributed by atoms with Crippen molar-refractivity contribution >= 4 is 17.8 Å². The topological polar surface area (TPSA) is 96.7 Å². The van der Waals surface area contributed by atoms with Gasteiger partial charge in [0.2, 0.25) is 5.91 Å². The molecule has 0 aliphatic heterocycles. The number of nitrogens with zero attached hydrogens (tertiary/aromatic N) is 3. The van der Waals surface area contributed by atoms with Gasteiger partial charge in [-0.1, -0.05) is 42.5 Å². The van der Waals surface area contributed by atoms with Crippen LogP contribution >= 0.6 is 0 Å². The second kappa shape index (κ2) is 13.5. The molecular formula is C27H32F2N4O4. The quantitative estimate of drug-likeness (QED) is 0.346. The molecule has 37 heavy (non-hydrogen) atoms. The second-order valence-corrected chi connectivity index (χ2v) is 8.72. The van der Waals surface area contributed by atoms with Crippen LogP contribution in [0.25, 0.3) is 11.3 Å². The van der Waals surface area contributed by atoms with Crippen molar-refractivity contribution in [2.45, 2.75) is 38.1 Å². The molecule has 3 aromatic rings. The van der Waals surface area contributed by atoms with Crippen molar-refractivity contribution in [1.82, 2.24) is 14.7 Å². The fraction of sp³-hybridized carbons (Fsp3) is 0.370. The molecule has 0 fully saturated rings. The maximum Gasteiger partial charge on any atom is 0.412 e. The molecule has 0 saturated carbocycles. The number of rotatable bonds is 12. The summed E-state index contributed by atoms with van der Waals surface area (Å²) in [5.74, 6) is -1.75. The van der Waals surface area contributed by atoms with Crippen LogP contribution in [0.15, 0.2) is 54.6 Å². The summed E-state index contributed by atoms with van der Waals surface area (Å²) >= 11 is 0. The number of unbranched alkanes of at least 4 members (excludes halogenated alkanes) is 1. The summed E-state index contributed by atoms with van der Waals surface area (Å²) in [6.07, 6.45) is 0.964. The summed E-state index contributed by atoms with van der Waals surface area (Å²) in [6.45, 7) is -0.0635. The molecule has 0 spiro atoms. The monoisotopic (exact) mass is 514 g/mol. The molecule has 0 bridgehead atoms. The highest BCUT2D eigenvalue weighted by Crippen LogP contribution is 2.21. The molecule has 0 radical (unpaired) electrons. The number of halogens is 2. The van der Waals surface area contributed by atoms with E-state index in [2.05, 4.69) is 10.4 Å². The molecule has 198 valence electrons. The molecule has 0 aliphatic carbocycles. The van der Waals surface area contributed by atoms with E-state index in [9.17, 15) is 18.4 Å². The molecule has 1 heterocycles. The third-order valence-corrected chi connectivity index (χ3v) is 6.11. The zero-order chi connectivity index (χ0) is 26.8. The number of carbonyl (C=O) groups excluding carboxylic acids is 2. The summed E-state index contributed by atoms with van der Waals surface area (Å²) in [5, 5.41) is 16.2. The van der Waals surface area contributed by atoms with Crippen LogP contribution < -0.4 is 5.32 Å². The summed E-state index contributed by atoms with van der Waals surface area (Å²) in [4.78, 5) is 26.8. The van der Waals surface area contributed by atoms with Crippen LogP contribution in [-0.4, -0.2) is 58.1 Å². The normalized spacial score (nSPS) is 11.7. The second-order valence-electron chi connectivity index (χ2n) is 8.72. The summed E-state index contributed by atoms with van der Waals surface area (Å²) in [7, 11) is 3.29. The van der Waals surface area contributed by atoms with Crippen molar-refractivity contribution < 1.29 is 28.2 Å². The number of benzene rings is 2. The number of nitrogens with one attached hydrogen (secondary N) is 1. The minimum atomic E-state index is -0.956. The summed E-state index contributed by atoms with van der Waals surface area (Å²) in [6, 6.07) is 14.7. The first kappa shape index (κ1) is 27.8. The smallest absolute Gasteiger partial charge is 0.412 e. The fourth-order valence-electron chi connectivity index (χ4n) is 3.89. The van der Waals surface area contributed by atoms with Crippen molar-refractivity contribution in [2.24, 2.45) is 7.05 Å². The fourth-order valence-corrected chi connectivity index (χ4v) is 3.89. The highest BCUT2D eigenvalue weighted by atomic mass is 19.2. The molecule has 10 heteroatoms. The van der Waals surface area contributed by atoms with Gasteiger partial charge in [-0.15, -0.1) is 0 Å². The average Bonchev–Trinajstić information content (AvgIpc) is 3.26. The van der Waals surface area contributed by atoms with Crippen molar-refractivity contribution in [3.63, 3.8) is 0 Å². The standard InChI is InChI=1S/C27H32F2N4O4/c1-32(25(35)15-14-20-11-8-13-22(28)26(20)29)21(12-6-7-16-34)18-37-27(36)30-24-17-23(31-33(24)2)19-9-4-3-5-10-19/h3-5,8-11,13,17,21,34H,6-7,12,14-16,18H2,1-2H3,(H,30,36)/t21-/m0/s1. The van der Waals surface area contributed by atoms with Gasteiger partial charge in [0.25, 0.3) is 0 Å². The van der Waals surface area contributed by atoms with E-state index in [0.717, 1.165) is 11.6 Å². The van der Waals surface area contributed by atoms with Crippen LogP contribution in [0, 0.1) is 11.6 Å². The van der Waals surface area contributed by atoms with Gasteiger partial charge < -0.3 is 14.7 Å². The first-order chi connectivity index (χ1) is 17.8. The molecule has 0 unspecified atom stereocenters. The largest absolute Gasteiger partial charge is 0.447 e. The molecule has 3 rings (SSSR count). The Morgan fingerprint density at radius 1 is 1.14 bits per heavy atom. The molecular weight excluding hydrogens is 482 g/mol. The van der Waals surface area contributed by atoms with Crippen LogP contribution in [0.4, 0.5) is 19.4 Å². The number of aromatic nitrogens is 2. The van der Waals surface area contributed by atoms with Gasteiger partial charge in [-0.05, 0) is 37.3 Å². The lowest BCUT2D eigenvalue weighted by molar-refractivity contribution is -0.133. The Bertz CT molecular complexity index is 1190. The van der Waals surface area contributed by atoms with E-state index >= 15 is 0 Å². The van der Waals surface area contributed by atoms with Crippen molar-refractivity contribution in [1.29, 1.82) is 0 Å². The molecule has 2 aromatic carbocycles. The Hall–Kier alpha value is -3.79. The van der Waals surface area contributed by atoms with Gasteiger partial charge in [0.1, 0.15) is 12.4 Å². The van der Waals surface area contributed by atoms with Gasteiger partial charge in [0.15, 0.2) is 11.6 Å². The average molecular weight is 515 g/mol. The minimum absolute atomic E-state index is 0.00874. The minimum Gasteiger partial charge on any atom is -0.447 e. The Labute approximate surface area is 214 Å². The maximum absolute atomic E-state index is 13.9. The molecule has 0 aliphatic rings. The third kappa shape index (κ3) is 7.85. The van der Waals surface area contributed by atoms with E-state index in [1.54, 1.807) is 20.2 Å². The van der Waals surface area contributed by atoms with Crippen LogP contribution in [0.3, 0.4) is 0 Å². The van der Waals surface area contributed by atoms with Crippen molar-refractivity contribution in [3.05, 3.63) is 71.8 Å². The van der Waals surface area contributed by atoms with Crippen molar-refractivity contribution in [2.75, 3.05) is 25.6 Å². The zero-order valence-corrected chi connectivity index (χ0v) is 21.0. The van der Waals surface area contributed by atoms with Gasteiger partial charge in [-0.3, -0.25) is 14.8 Å². The van der Waals surface area contributed by atoms with E-state index in [4.69, 9.17) is 9.84 Å². The number of amides is 2. The number of hydrogen-bond donors (Lipinski definition) is 2. The van der Waals surface area contributed by atoms with Gasteiger partial charge in [0, 0.05) is 38.8 Å². The van der Waals surface area contributed by atoms with Crippen molar-refractivity contribution in [3.8, 4) is 11.3 Å². The zero-order valence-electron chi connectivity index (χ0n) is 21.0. The van der Waals surface area contributed by atoms with Gasteiger partial charge >= 0.3 is 6.09 Å². The van der Waals surface area contributed by atoms with E-state index < -0.39 is 23.8 Å². The van der Waals surface area contributed by atoms with Crippen LogP contribution in [0.1, 0.15) is 31.2 Å². The lowest BCUT2D eigenvalue weighted by Gasteiger charge is -2.28. The van der Waals surface area contributed by atoms with Gasteiger partial charge in [-0.2, -0.15) is 5.10 Å². The van der Waals surface area contributed by atoms with E-state index in [0.29, 0.717) is 30.8 Å². The SMILES string of the molecule is CN(C(=O)CCc1cccc(F)c1F)[C@@H](CCCCO)COC(=O)Nc1cc(-c2ccccc2)nn1C. The first-order valence-corrected chi connectivity index (χ1v) is 12.1. The number of hydrogen-bond acceptors (Lipinski definition) is 5. The number of aliphatic hydroxyl groups is 1. The predicted molar refractivity (Wildman–Crippen MR) is 136 cm³/mol. The lowest BCUT2D eigenvalue weighted by atomic mass is 10.1. The molecule has 2 N–H and O–H groups in total. The highest BCUT2D eigenvalue weighted by Gasteiger charge is 2.22. The Balaban J connectivity index is 1.58. The summed E-state index contributed by atoms with van der Waals surface area (Å²) in [5.41, 5.74) is 1.72. The van der Waals surface area contributed by atoms with Crippen LogP contribution in [-0.2, 0) is 23.0 Å².